The highest BCUT2D eigenvalue weighted by Crippen LogP contribution is 2.18. The van der Waals surface area contributed by atoms with Crippen molar-refractivity contribution in [3.05, 3.63) is 37.5 Å². The Kier molecular flexibility index (Phi) is 4.68. The third-order valence-electron chi connectivity index (χ3n) is 2.65. The summed E-state index contributed by atoms with van der Waals surface area (Å²) in [5.74, 6) is -0.886. The van der Waals surface area contributed by atoms with Crippen LogP contribution < -0.4 is 5.32 Å². The number of carbonyl (C=O) groups is 1. The zero-order valence-electron chi connectivity index (χ0n) is 10.9. The number of hydrogen-bond donors (Lipinski definition) is 2. The van der Waals surface area contributed by atoms with Crippen molar-refractivity contribution in [2.75, 3.05) is 6.54 Å². The van der Waals surface area contributed by atoms with Crippen molar-refractivity contribution in [1.82, 2.24) is 10.3 Å². The summed E-state index contributed by atoms with van der Waals surface area (Å²) in [7, 11) is 0. The molecule has 2 aromatic heterocycles. The van der Waals surface area contributed by atoms with Crippen LogP contribution in [0.1, 0.15) is 30.1 Å². The summed E-state index contributed by atoms with van der Waals surface area (Å²) in [5.41, 5.74) is 0.612. The van der Waals surface area contributed by atoms with Crippen LogP contribution in [0.2, 0.25) is 0 Å². The molecule has 2 aromatic rings. The summed E-state index contributed by atoms with van der Waals surface area (Å²) < 4.78 is 0. The summed E-state index contributed by atoms with van der Waals surface area (Å²) in [5, 5.41) is 13.2. The molecule has 4 nitrogen and oxygen atoms in total. The molecule has 0 spiro atoms. The molecule has 0 atom stereocenters. The molecule has 0 bridgehead atoms. The molecular formula is C13H16N2O2S2. The average molecular weight is 296 g/mol. The Labute approximate surface area is 120 Å². The van der Waals surface area contributed by atoms with E-state index in [0.29, 0.717) is 10.6 Å². The number of nitrogens with one attached hydrogen (secondary N) is 1. The molecule has 0 aliphatic heterocycles. The van der Waals surface area contributed by atoms with Crippen LogP contribution in [0.15, 0.2) is 12.1 Å². The summed E-state index contributed by atoms with van der Waals surface area (Å²) >= 11 is 3.06. The van der Waals surface area contributed by atoms with E-state index in [-0.39, 0.29) is 0 Å². The van der Waals surface area contributed by atoms with Crippen LogP contribution in [-0.2, 0) is 13.0 Å². The summed E-state index contributed by atoms with van der Waals surface area (Å²) in [6, 6.07) is 4.24. The minimum atomic E-state index is -0.886. The van der Waals surface area contributed by atoms with Crippen LogP contribution >= 0.6 is 22.7 Å². The molecule has 0 aliphatic carbocycles. The molecule has 0 saturated carbocycles. The molecule has 0 amide bonds. The lowest BCUT2D eigenvalue weighted by atomic mass is 10.4. The van der Waals surface area contributed by atoms with Crippen molar-refractivity contribution < 1.29 is 9.90 Å². The van der Waals surface area contributed by atoms with Gasteiger partial charge in [0, 0.05) is 29.3 Å². The van der Waals surface area contributed by atoms with Crippen molar-refractivity contribution in [1.29, 1.82) is 0 Å². The second-order valence-electron chi connectivity index (χ2n) is 4.27. The van der Waals surface area contributed by atoms with E-state index in [2.05, 4.69) is 29.4 Å². The monoisotopic (exact) mass is 296 g/mol. The first-order valence-corrected chi connectivity index (χ1v) is 7.65. The molecule has 0 aromatic carbocycles. The van der Waals surface area contributed by atoms with E-state index in [4.69, 9.17) is 5.11 Å². The lowest BCUT2D eigenvalue weighted by Gasteiger charge is -2.00. The van der Waals surface area contributed by atoms with Crippen molar-refractivity contribution >= 4 is 28.6 Å². The molecule has 102 valence electrons. The van der Waals surface area contributed by atoms with Gasteiger partial charge in [-0.2, -0.15) is 0 Å². The molecule has 2 N–H and O–H groups in total. The molecule has 0 saturated heterocycles. The molecule has 2 rings (SSSR count). The van der Waals surface area contributed by atoms with Gasteiger partial charge >= 0.3 is 5.97 Å². The van der Waals surface area contributed by atoms with Gasteiger partial charge in [-0.3, -0.25) is 0 Å². The Hall–Kier alpha value is -1.24. The van der Waals surface area contributed by atoms with E-state index >= 15 is 0 Å². The number of aromatic nitrogens is 1. The maximum atomic E-state index is 10.9. The molecule has 0 fully saturated rings. The highest BCUT2D eigenvalue weighted by atomic mass is 32.1. The van der Waals surface area contributed by atoms with Crippen molar-refractivity contribution in [2.45, 2.75) is 26.8 Å². The predicted octanol–water partition coefficient (Wildman–Crippen LogP) is 2.85. The fourth-order valence-electron chi connectivity index (χ4n) is 1.74. The van der Waals surface area contributed by atoms with Crippen LogP contribution in [0.4, 0.5) is 0 Å². The predicted molar refractivity (Wildman–Crippen MR) is 78.3 cm³/mol. The van der Waals surface area contributed by atoms with Gasteiger partial charge in [-0.25, -0.2) is 9.78 Å². The van der Waals surface area contributed by atoms with Crippen molar-refractivity contribution in [2.24, 2.45) is 0 Å². The van der Waals surface area contributed by atoms with Crippen molar-refractivity contribution in [3.8, 4) is 0 Å². The third kappa shape index (κ3) is 3.86. The minimum absolute atomic E-state index is 0.351. The standard InChI is InChI=1S/C13H16N2O2S2/c1-8-3-4-10(18-8)7-14-6-5-11-15-9(2)12(19-11)13(16)17/h3-4,14H,5-7H2,1-2H3,(H,16,17). The lowest BCUT2D eigenvalue weighted by molar-refractivity contribution is 0.0701. The summed E-state index contributed by atoms with van der Waals surface area (Å²) in [4.78, 5) is 18.2. The van der Waals surface area contributed by atoms with Gasteiger partial charge in [0.05, 0.1) is 10.7 Å². The Bertz CT molecular complexity index is 575. The topological polar surface area (TPSA) is 62.2 Å². The molecule has 2 heterocycles. The number of thiazole rings is 1. The Morgan fingerprint density at radius 1 is 1.37 bits per heavy atom. The minimum Gasteiger partial charge on any atom is -0.477 e. The quantitative estimate of drug-likeness (QED) is 0.805. The van der Waals surface area contributed by atoms with E-state index in [9.17, 15) is 4.79 Å². The first-order valence-electron chi connectivity index (χ1n) is 6.02. The van der Waals surface area contributed by atoms with Crippen LogP contribution in [0.3, 0.4) is 0 Å². The maximum absolute atomic E-state index is 10.9. The number of carboxylic acid groups (broad SMARTS) is 1. The van der Waals surface area contributed by atoms with Crippen LogP contribution in [0.25, 0.3) is 0 Å². The average Bonchev–Trinajstić information content (AvgIpc) is 2.91. The van der Waals surface area contributed by atoms with Gasteiger partial charge in [-0.15, -0.1) is 22.7 Å². The van der Waals surface area contributed by atoms with Gasteiger partial charge in [-0.05, 0) is 26.0 Å². The van der Waals surface area contributed by atoms with E-state index < -0.39 is 5.97 Å². The van der Waals surface area contributed by atoms with E-state index in [0.717, 1.165) is 24.5 Å². The third-order valence-corrected chi connectivity index (χ3v) is 4.85. The Morgan fingerprint density at radius 3 is 2.74 bits per heavy atom. The normalized spacial score (nSPS) is 10.8. The van der Waals surface area contributed by atoms with Gasteiger partial charge in [0.1, 0.15) is 4.88 Å². The maximum Gasteiger partial charge on any atom is 0.347 e. The summed E-state index contributed by atoms with van der Waals surface area (Å²) in [6.45, 7) is 5.50. The Morgan fingerprint density at radius 2 is 2.16 bits per heavy atom. The number of carboxylic acids is 1. The van der Waals surface area contributed by atoms with Gasteiger partial charge < -0.3 is 10.4 Å². The SMILES string of the molecule is Cc1ccc(CNCCc2nc(C)c(C(=O)O)s2)s1. The van der Waals surface area contributed by atoms with Crippen molar-refractivity contribution in [3.63, 3.8) is 0 Å². The Balaban J connectivity index is 1.79. The number of hydrogen-bond acceptors (Lipinski definition) is 5. The zero-order chi connectivity index (χ0) is 13.8. The van der Waals surface area contributed by atoms with Gasteiger partial charge in [-0.1, -0.05) is 0 Å². The molecule has 6 heteroatoms. The highest BCUT2D eigenvalue weighted by molar-refractivity contribution is 7.13. The van der Waals surface area contributed by atoms with E-state index in [1.54, 1.807) is 18.3 Å². The molecule has 0 unspecified atom stereocenters. The molecule has 0 aliphatic rings. The number of thiophene rings is 1. The van der Waals surface area contributed by atoms with E-state index in [1.807, 2.05) is 0 Å². The number of rotatable bonds is 6. The molecular weight excluding hydrogens is 280 g/mol. The van der Waals surface area contributed by atoms with Gasteiger partial charge in [0.15, 0.2) is 0 Å². The second kappa shape index (κ2) is 6.27. The van der Waals surface area contributed by atoms with E-state index in [1.165, 1.54) is 21.1 Å². The van der Waals surface area contributed by atoms with Gasteiger partial charge in [0.25, 0.3) is 0 Å². The number of aromatic carboxylic acids is 1. The first-order chi connectivity index (χ1) is 9.06. The number of aryl methyl sites for hydroxylation is 2. The molecule has 19 heavy (non-hydrogen) atoms. The second-order valence-corrected chi connectivity index (χ2v) is 6.72. The first kappa shape index (κ1) is 14.2. The van der Waals surface area contributed by atoms with Gasteiger partial charge in [0.2, 0.25) is 0 Å². The summed E-state index contributed by atoms with van der Waals surface area (Å²) in [6.07, 6.45) is 0.767. The fraction of sp³-hybridized carbons (Fsp3) is 0.385. The van der Waals surface area contributed by atoms with Crippen LogP contribution in [0.5, 0.6) is 0 Å². The largest absolute Gasteiger partial charge is 0.477 e. The van der Waals surface area contributed by atoms with Crippen LogP contribution in [-0.4, -0.2) is 22.6 Å². The lowest BCUT2D eigenvalue weighted by Crippen LogP contribution is -2.15. The number of nitrogens with zero attached hydrogens (tertiary/aromatic N) is 1. The fourth-order valence-corrected chi connectivity index (χ4v) is 3.51. The smallest absolute Gasteiger partial charge is 0.347 e. The highest BCUT2D eigenvalue weighted by Gasteiger charge is 2.13. The van der Waals surface area contributed by atoms with Crippen LogP contribution in [0, 0.1) is 13.8 Å². The molecule has 0 radical (unpaired) electrons. The zero-order valence-corrected chi connectivity index (χ0v) is 12.5.